The van der Waals surface area contributed by atoms with Crippen molar-refractivity contribution in [2.45, 2.75) is 6.54 Å². The van der Waals surface area contributed by atoms with Crippen molar-refractivity contribution >= 4 is 17.1 Å². The van der Waals surface area contributed by atoms with Gasteiger partial charge >= 0.3 is 0 Å². The molecule has 0 fully saturated rings. The zero-order valence-corrected chi connectivity index (χ0v) is 10.1. The summed E-state index contributed by atoms with van der Waals surface area (Å²) in [4.78, 5) is 4.41. The third kappa shape index (κ3) is 1.82. The Morgan fingerprint density at radius 3 is 2.72 bits per heavy atom. The fraction of sp³-hybridized carbons (Fsp3) is 0.0625. The Bertz CT molecular complexity index is 695. The lowest BCUT2D eigenvalue weighted by Gasteiger charge is -2.07. The third-order valence-electron chi connectivity index (χ3n) is 3.14. The number of rotatable bonds is 3. The first-order chi connectivity index (χ1) is 8.88. The number of hydrogen-bond donors (Lipinski definition) is 0. The lowest BCUT2D eigenvalue weighted by Crippen LogP contribution is -1.99. The van der Waals surface area contributed by atoms with Crippen molar-refractivity contribution in [3.8, 4) is 0 Å². The molecule has 1 heterocycles. The van der Waals surface area contributed by atoms with Gasteiger partial charge in [0, 0.05) is 6.54 Å². The fourth-order valence-electron chi connectivity index (χ4n) is 2.20. The van der Waals surface area contributed by atoms with Crippen LogP contribution in [0.1, 0.15) is 11.1 Å². The van der Waals surface area contributed by atoms with Crippen molar-refractivity contribution in [1.82, 2.24) is 9.55 Å². The van der Waals surface area contributed by atoms with Crippen LogP contribution in [0.5, 0.6) is 0 Å². The Balaban J connectivity index is 2.04. The fourth-order valence-corrected chi connectivity index (χ4v) is 2.20. The van der Waals surface area contributed by atoms with Crippen LogP contribution < -0.4 is 0 Å². The molecule has 3 aromatic rings. The summed E-state index contributed by atoms with van der Waals surface area (Å²) in [5.74, 6) is 0. The van der Waals surface area contributed by atoms with Gasteiger partial charge in [0.05, 0.1) is 17.4 Å². The van der Waals surface area contributed by atoms with E-state index in [4.69, 9.17) is 0 Å². The van der Waals surface area contributed by atoms with Gasteiger partial charge in [-0.2, -0.15) is 0 Å². The Hall–Kier alpha value is -2.35. The Morgan fingerprint density at radius 2 is 1.83 bits per heavy atom. The standard InChI is InChI=1S/C16H14N2/c1-2-13-7-3-4-8-14(13)11-18-12-17-15-9-5-6-10-16(15)18/h2-10,12H,1,11H2. The Kier molecular flexibility index (Phi) is 2.69. The molecule has 1 aromatic heterocycles. The van der Waals surface area contributed by atoms with Gasteiger partial charge in [0.15, 0.2) is 0 Å². The Labute approximate surface area is 106 Å². The molecule has 2 nitrogen and oxygen atoms in total. The van der Waals surface area contributed by atoms with Gasteiger partial charge in [-0.15, -0.1) is 0 Å². The zero-order valence-electron chi connectivity index (χ0n) is 10.1. The SMILES string of the molecule is C=Cc1ccccc1Cn1cnc2ccccc21. The van der Waals surface area contributed by atoms with Crippen molar-refractivity contribution in [2.75, 3.05) is 0 Å². The first-order valence-electron chi connectivity index (χ1n) is 5.99. The van der Waals surface area contributed by atoms with Crippen molar-refractivity contribution in [2.24, 2.45) is 0 Å². The second-order valence-electron chi connectivity index (χ2n) is 4.26. The lowest BCUT2D eigenvalue weighted by molar-refractivity contribution is 0.823. The number of aromatic nitrogens is 2. The van der Waals surface area contributed by atoms with Crippen LogP contribution in [-0.2, 0) is 6.54 Å². The van der Waals surface area contributed by atoms with Gasteiger partial charge < -0.3 is 4.57 Å². The van der Waals surface area contributed by atoms with E-state index in [1.54, 1.807) is 0 Å². The number of hydrogen-bond acceptors (Lipinski definition) is 1. The maximum absolute atomic E-state index is 4.41. The summed E-state index contributed by atoms with van der Waals surface area (Å²) >= 11 is 0. The van der Waals surface area contributed by atoms with Crippen LogP contribution in [-0.4, -0.2) is 9.55 Å². The zero-order chi connectivity index (χ0) is 12.4. The van der Waals surface area contributed by atoms with Gasteiger partial charge in [0.1, 0.15) is 0 Å². The van der Waals surface area contributed by atoms with Crippen LogP contribution >= 0.6 is 0 Å². The van der Waals surface area contributed by atoms with Gasteiger partial charge in [0.2, 0.25) is 0 Å². The first-order valence-corrected chi connectivity index (χ1v) is 5.99. The third-order valence-corrected chi connectivity index (χ3v) is 3.14. The molecule has 0 saturated heterocycles. The molecular formula is C16H14N2. The number of nitrogens with zero attached hydrogens (tertiary/aromatic N) is 2. The van der Waals surface area contributed by atoms with Crippen LogP contribution in [0.3, 0.4) is 0 Å². The van der Waals surface area contributed by atoms with E-state index in [2.05, 4.69) is 40.4 Å². The van der Waals surface area contributed by atoms with Crippen LogP contribution in [0.25, 0.3) is 17.1 Å². The van der Waals surface area contributed by atoms with E-state index < -0.39 is 0 Å². The minimum atomic E-state index is 0.822. The summed E-state index contributed by atoms with van der Waals surface area (Å²) in [5.41, 5.74) is 4.64. The second-order valence-corrected chi connectivity index (χ2v) is 4.26. The molecule has 18 heavy (non-hydrogen) atoms. The predicted octanol–water partition coefficient (Wildman–Crippen LogP) is 3.73. The van der Waals surface area contributed by atoms with Gasteiger partial charge in [-0.05, 0) is 23.3 Å². The monoisotopic (exact) mass is 234 g/mol. The minimum Gasteiger partial charge on any atom is -0.326 e. The summed E-state index contributed by atoms with van der Waals surface area (Å²) in [5, 5.41) is 0. The topological polar surface area (TPSA) is 17.8 Å². The highest BCUT2D eigenvalue weighted by Gasteiger charge is 2.04. The van der Waals surface area contributed by atoms with Crippen LogP contribution in [0.4, 0.5) is 0 Å². The summed E-state index contributed by atoms with van der Waals surface area (Å²) in [6.07, 6.45) is 3.79. The van der Waals surface area contributed by atoms with Gasteiger partial charge in [-0.3, -0.25) is 0 Å². The van der Waals surface area contributed by atoms with Crippen LogP contribution in [0.2, 0.25) is 0 Å². The molecular weight excluding hydrogens is 220 g/mol. The number of fused-ring (bicyclic) bond motifs is 1. The lowest BCUT2D eigenvalue weighted by atomic mass is 10.1. The van der Waals surface area contributed by atoms with Gasteiger partial charge in [-0.25, -0.2) is 4.98 Å². The Morgan fingerprint density at radius 1 is 1.06 bits per heavy atom. The second kappa shape index (κ2) is 4.49. The molecule has 0 aliphatic heterocycles. The molecule has 0 saturated carbocycles. The van der Waals surface area contributed by atoms with E-state index >= 15 is 0 Å². The van der Waals surface area contributed by atoms with Crippen molar-refractivity contribution < 1.29 is 0 Å². The average molecular weight is 234 g/mol. The van der Waals surface area contributed by atoms with E-state index in [9.17, 15) is 0 Å². The first kappa shape index (κ1) is 10.8. The predicted molar refractivity (Wildman–Crippen MR) is 75.4 cm³/mol. The molecule has 0 amide bonds. The maximum Gasteiger partial charge on any atom is 0.0961 e. The summed E-state index contributed by atoms with van der Waals surface area (Å²) in [6, 6.07) is 16.5. The molecule has 0 N–H and O–H groups in total. The highest BCUT2D eigenvalue weighted by atomic mass is 15.0. The molecule has 0 bridgehead atoms. The van der Waals surface area contributed by atoms with E-state index in [0.29, 0.717) is 0 Å². The quantitative estimate of drug-likeness (QED) is 0.675. The average Bonchev–Trinajstić information content (AvgIpc) is 2.83. The molecule has 3 rings (SSSR count). The summed E-state index contributed by atoms with van der Waals surface area (Å²) in [7, 11) is 0. The molecule has 2 aromatic carbocycles. The van der Waals surface area contributed by atoms with Gasteiger partial charge in [-0.1, -0.05) is 49.1 Å². The van der Waals surface area contributed by atoms with Gasteiger partial charge in [0.25, 0.3) is 0 Å². The smallest absolute Gasteiger partial charge is 0.0961 e. The van der Waals surface area contributed by atoms with Crippen molar-refractivity contribution in [1.29, 1.82) is 0 Å². The van der Waals surface area contributed by atoms with E-state index in [0.717, 1.165) is 17.6 Å². The highest BCUT2D eigenvalue weighted by molar-refractivity contribution is 5.75. The van der Waals surface area contributed by atoms with E-state index in [1.807, 2.05) is 36.7 Å². The van der Waals surface area contributed by atoms with Crippen LogP contribution in [0.15, 0.2) is 61.4 Å². The number of imidazole rings is 1. The van der Waals surface area contributed by atoms with E-state index in [-0.39, 0.29) is 0 Å². The van der Waals surface area contributed by atoms with E-state index in [1.165, 1.54) is 11.1 Å². The molecule has 0 aliphatic carbocycles. The van der Waals surface area contributed by atoms with Crippen LogP contribution in [0, 0.1) is 0 Å². The molecule has 0 aliphatic rings. The molecule has 88 valence electrons. The molecule has 0 unspecified atom stereocenters. The largest absolute Gasteiger partial charge is 0.326 e. The summed E-state index contributed by atoms with van der Waals surface area (Å²) < 4.78 is 2.16. The number of para-hydroxylation sites is 2. The summed E-state index contributed by atoms with van der Waals surface area (Å²) in [6.45, 7) is 4.68. The molecule has 0 atom stereocenters. The normalized spacial score (nSPS) is 10.7. The molecule has 0 spiro atoms. The molecule has 0 radical (unpaired) electrons. The van der Waals surface area contributed by atoms with Crippen molar-refractivity contribution in [3.63, 3.8) is 0 Å². The minimum absolute atomic E-state index is 0.822. The maximum atomic E-state index is 4.41. The number of benzene rings is 2. The molecule has 2 heteroatoms. The highest BCUT2D eigenvalue weighted by Crippen LogP contribution is 2.16. The van der Waals surface area contributed by atoms with Crippen molar-refractivity contribution in [3.05, 3.63) is 72.6 Å².